The van der Waals surface area contributed by atoms with Gasteiger partial charge >= 0.3 is 0 Å². The van der Waals surface area contributed by atoms with Crippen LogP contribution in [0.4, 0.5) is 5.69 Å². The van der Waals surface area contributed by atoms with Gasteiger partial charge in [-0.3, -0.25) is 4.79 Å². The van der Waals surface area contributed by atoms with Crippen molar-refractivity contribution >= 4 is 11.6 Å². The Hall–Kier alpha value is -1.55. The number of carbonyl (C=O) groups is 1. The molecule has 0 atom stereocenters. The van der Waals surface area contributed by atoms with Gasteiger partial charge in [0.05, 0.1) is 7.11 Å². The van der Waals surface area contributed by atoms with E-state index >= 15 is 0 Å². The van der Waals surface area contributed by atoms with Gasteiger partial charge in [0, 0.05) is 12.1 Å². The molecular weight excluding hydrogens is 252 g/mol. The predicted molar refractivity (Wildman–Crippen MR) is 81.4 cm³/mol. The molecule has 1 aromatic rings. The Bertz CT molecular complexity index is 454. The Kier molecular flexibility index (Phi) is 5.41. The average Bonchev–Trinajstić information content (AvgIpc) is 2.48. The van der Waals surface area contributed by atoms with Gasteiger partial charge in [0.1, 0.15) is 5.75 Å². The smallest absolute Gasteiger partial charge is 0.224 e. The van der Waals surface area contributed by atoms with Gasteiger partial charge in [-0.05, 0) is 62.0 Å². The maximum atomic E-state index is 11.7. The second-order valence-electron chi connectivity index (χ2n) is 5.28. The molecule has 1 amide bonds. The Labute approximate surface area is 120 Å². The van der Waals surface area contributed by atoms with Crippen molar-refractivity contribution in [2.45, 2.75) is 38.5 Å². The number of carbonyl (C=O) groups excluding carboxylic acids is 1. The molecule has 0 saturated carbocycles. The zero-order valence-electron chi connectivity index (χ0n) is 12.4. The number of hydrogen-bond donors (Lipinski definition) is 2. The third-order valence-corrected chi connectivity index (χ3v) is 3.77. The van der Waals surface area contributed by atoms with Crippen LogP contribution < -0.4 is 15.4 Å². The van der Waals surface area contributed by atoms with E-state index < -0.39 is 0 Å². The zero-order valence-corrected chi connectivity index (χ0v) is 12.4. The first-order valence-electron chi connectivity index (χ1n) is 7.43. The van der Waals surface area contributed by atoms with Gasteiger partial charge in [-0.1, -0.05) is 6.92 Å². The van der Waals surface area contributed by atoms with E-state index in [9.17, 15) is 4.79 Å². The second-order valence-corrected chi connectivity index (χ2v) is 5.28. The molecule has 20 heavy (non-hydrogen) atoms. The average molecular weight is 276 g/mol. The van der Waals surface area contributed by atoms with Gasteiger partial charge in [-0.25, -0.2) is 0 Å². The molecule has 1 aliphatic rings. The second kappa shape index (κ2) is 7.29. The first-order chi connectivity index (χ1) is 9.74. The van der Waals surface area contributed by atoms with Crippen molar-refractivity contribution in [1.82, 2.24) is 5.32 Å². The van der Waals surface area contributed by atoms with Crippen LogP contribution in [0, 0.1) is 0 Å². The number of nitrogens with one attached hydrogen (secondary N) is 2. The number of amides is 1. The molecule has 0 bridgehead atoms. The molecule has 0 aromatic heterocycles. The van der Waals surface area contributed by atoms with Crippen LogP contribution in [0.3, 0.4) is 0 Å². The van der Waals surface area contributed by atoms with E-state index in [1.807, 2.05) is 19.1 Å². The predicted octanol–water partition coefficient (Wildman–Crippen LogP) is 2.90. The monoisotopic (exact) mass is 276 g/mol. The van der Waals surface area contributed by atoms with E-state index in [0.717, 1.165) is 43.8 Å². The van der Waals surface area contributed by atoms with Crippen LogP contribution in [0.15, 0.2) is 18.2 Å². The molecule has 1 heterocycles. The van der Waals surface area contributed by atoms with Crippen LogP contribution in [0.5, 0.6) is 5.75 Å². The van der Waals surface area contributed by atoms with Crippen molar-refractivity contribution in [2.75, 3.05) is 25.5 Å². The van der Waals surface area contributed by atoms with Crippen molar-refractivity contribution in [2.24, 2.45) is 0 Å². The Balaban J connectivity index is 2.17. The maximum Gasteiger partial charge on any atom is 0.224 e. The summed E-state index contributed by atoms with van der Waals surface area (Å²) in [6, 6.07) is 5.94. The summed E-state index contributed by atoms with van der Waals surface area (Å²) in [5, 5.41) is 6.34. The molecule has 2 N–H and O–H groups in total. The lowest BCUT2D eigenvalue weighted by atomic mass is 9.89. The van der Waals surface area contributed by atoms with Crippen molar-refractivity contribution in [3.63, 3.8) is 0 Å². The minimum Gasteiger partial charge on any atom is -0.496 e. The summed E-state index contributed by atoms with van der Waals surface area (Å²) in [4.78, 5) is 11.7. The molecule has 1 fully saturated rings. The lowest BCUT2D eigenvalue weighted by Crippen LogP contribution is -2.26. The standard InChI is InChI=1S/C16H24N2O2/c1-3-4-16(19)18-13-5-6-15(20-2)14(11-13)12-7-9-17-10-8-12/h5-6,11-12,17H,3-4,7-10H2,1-2H3,(H,18,19). The van der Waals surface area contributed by atoms with E-state index in [1.54, 1.807) is 7.11 Å². The van der Waals surface area contributed by atoms with Crippen LogP contribution in [0.2, 0.25) is 0 Å². The van der Waals surface area contributed by atoms with Crippen LogP contribution in [-0.2, 0) is 4.79 Å². The van der Waals surface area contributed by atoms with Crippen molar-refractivity contribution in [1.29, 1.82) is 0 Å². The number of anilines is 1. The molecule has 0 radical (unpaired) electrons. The molecule has 1 saturated heterocycles. The lowest BCUT2D eigenvalue weighted by Gasteiger charge is -2.25. The summed E-state index contributed by atoms with van der Waals surface area (Å²) in [5.41, 5.74) is 2.08. The number of methoxy groups -OCH3 is 1. The molecule has 4 heteroatoms. The highest BCUT2D eigenvalue weighted by Gasteiger charge is 2.19. The number of ether oxygens (including phenoxy) is 1. The third kappa shape index (κ3) is 3.73. The Morgan fingerprint density at radius 2 is 2.15 bits per heavy atom. The van der Waals surface area contributed by atoms with Crippen molar-refractivity contribution in [3.8, 4) is 5.75 Å². The lowest BCUT2D eigenvalue weighted by molar-refractivity contribution is -0.116. The molecule has 0 aliphatic carbocycles. The van der Waals surface area contributed by atoms with Gasteiger partial charge in [0.25, 0.3) is 0 Å². The highest BCUT2D eigenvalue weighted by Crippen LogP contribution is 2.34. The molecule has 1 aliphatic heterocycles. The number of rotatable bonds is 5. The third-order valence-electron chi connectivity index (χ3n) is 3.77. The summed E-state index contributed by atoms with van der Waals surface area (Å²) in [7, 11) is 1.70. The molecule has 0 unspecified atom stereocenters. The van der Waals surface area contributed by atoms with Crippen molar-refractivity contribution in [3.05, 3.63) is 23.8 Å². The molecule has 2 rings (SSSR count). The highest BCUT2D eigenvalue weighted by atomic mass is 16.5. The van der Waals surface area contributed by atoms with Crippen LogP contribution in [-0.4, -0.2) is 26.1 Å². The zero-order chi connectivity index (χ0) is 14.4. The molecule has 1 aromatic carbocycles. The van der Waals surface area contributed by atoms with Gasteiger partial charge in [-0.15, -0.1) is 0 Å². The molecule has 110 valence electrons. The number of piperidine rings is 1. The van der Waals surface area contributed by atoms with E-state index in [-0.39, 0.29) is 5.91 Å². The summed E-state index contributed by atoms with van der Waals surface area (Å²) in [6.07, 6.45) is 3.66. The number of benzene rings is 1. The molecule has 0 spiro atoms. The van der Waals surface area contributed by atoms with E-state index in [1.165, 1.54) is 5.56 Å². The number of hydrogen-bond acceptors (Lipinski definition) is 3. The molecule has 4 nitrogen and oxygen atoms in total. The fourth-order valence-electron chi connectivity index (χ4n) is 2.71. The topological polar surface area (TPSA) is 50.4 Å². The minimum absolute atomic E-state index is 0.0777. The van der Waals surface area contributed by atoms with Gasteiger partial charge < -0.3 is 15.4 Å². The fourth-order valence-corrected chi connectivity index (χ4v) is 2.71. The van der Waals surface area contributed by atoms with E-state index in [2.05, 4.69) is 16.7 Å². The summed E-state index contributed by atoms with van der Waals surface area (Å²) in [5.74, 6) is 1.51. The first kappa shape index (κ1) is 14.9. The fraction of sp³-hybridized carbons (Fsp3) is 0.562. The van der Waals surface area contributed by atoms with Crippen molar-refractivity contribution < 1.29 is 9.53 Å². The summed E-state index contributed by atoms with van der Waals surface area (Å²) >= 11 is 0. The summed E-state index contributed by atoms with van der Waals surface area (Å²) in [6.45, 7) is 4.09. The van der Waals surface area contributed by atoms with Crippen LogP contribution in [0.25, 0.3) is 0 Å². The quantitative estimate of drug-likeness (QED) is 0.869. The van der Waals surface area contributed by atoms with E-state index in [0.29, 0.717) is 12.3 Å². The van der Waals surface area contributed by atoms with E-state index in [4.69, 9.17) is 4.74 Å². The SMILES string of the molecule is CCCC(=O)Nc1ccc(OC)c(C2CCNCC2)c1. The highest BCUT2D eigenvalue weighted by molar-refractivity contribution is 5.90. The minimum atomic E-state index is 0.0777. The Morgan fingerprint density at radius 1 is 1.40 bits per heavy atom. The summed E-state index contributed by atoms with van der Waals surface area (Å²) < 4.78 is 5.47. The van der Waals surface area contributed by atoms with Gasteiger partial charge in [0.2, 0.25) is 5.91 Å². The van der Waals surface area contributed by atoms with Gasteiger partial charge in [-0.2, -0.15) is 0 Å². The molecular formula is C16H24N2O2. The largest absolute Gasteiger partial charge is 0.496 e. The normalized spacial score (nSPS) is 15.9. The maximum absolute atomic E-state index is 11.7. The van der Waals surface area contributed by atoms with Crippen LogP contribution >= 0.6 is 0 Å². The van der Waals surface area contributed by atoms with Crippen LogP contribution in [0.1, 0.15) is 44.1 Å². The first-order valence-corrected chi connectivity index (χ1v) is 7.43. The van der Waals surface area contributed by atoms with Gasteiger partial charge in [0.15, 0.2) is 0 Å². The Morgan fingerprint density at radius 3 is 2.80 bits per heavy atom.